The van der Waals surface area contributed by atoms with Crippen LogP contribution in [0.4, 0.5) is 0 Å². The summed E-state index contributed by atoms with van der Waals surface area (Å²) >= 11 is 5.92. The molecule has 1 aromatic heterocycles. The standard InChI is InChI=1S/C20H18ClNO4S/c1-25-16-6-2-4-14(10-16)12-22-20(23)19-9-8-17(26-19)13-27(24)18-7-3-5-15(21)11-18/h2-11H,12-13H2,1H3,(H,22,23)/t27-/m0/s1. The van der Waals surface area contributed by atoms with E-state index in [9.17, 15) is 9.00 Å². The van der Waals surface area contributed by atoms with Gasteiger partial charge in [0.15, 0.2) is 5.76 Å². The third kappa shape index (κ3) is 5.21. The van der Waals surface area contributed by atoms with E-state index in [1.54, 1.807) is 43.5 Å². The van der Waals surface area contributed by atoms with Gasteiger partial charge in [-0.25, -0.2) is 0 Å². The SMILES string of the molecule is COc1cccc(CNC(=O)c2ccc(C[S@](=O)c3cccc(Cl)c3)o2)c1. The van der Waals surface area contributed by atoms with Crippen LogP contribution < -0.4 is 10.1 Å². The van der Waals surface area contributed by atoms with E-state index in [1.807, 2.05) is 24.3 Å². The molecule has 7 heteroatoms. The topological polar surface area (TPSA) is 68.5 Å². The van der Waals surface area contributed by atoms with Gasteiger partial charge in [0.1, 0.15) is 11.5 Å². The van der Waals surface area contributed by atoms with Gasteiger partial charge in [0.25, 0.3) is 5.91 Å². The van der Waals surface area contributed by atoms with Crippen molar-refractivity contribution in [3.8, 4) is 5.75 Å². The molecule has 0 aliphatic rings. The van der Waals surface area contributed by atoms with Crippen LogP contribution in [0.15, 0.2) is 70.0 Å². The first-order valence-electron chi connectivity index (χ1n) is 8.19. The minimum atomic E-state index is -1.31. The molecule has 3 aromatic rings. The molecule has 3 rings (SSSR count). The van der Waals surface area contributed by atoms with E-state index in [-0.39, 0.29) is 17.4 Å². The van der Waals surface area contributed by atoms with Gasteiger partial charge in [-0.1, -0.05) is 29.8 Å². The summed E-state index contributed by atoms with van der Waals surface area (Å²) in [5.74, 6) is 1.21. The Balaban J connectivity index is 1.59. The quantitative estimate of drug-likeness (QED) is 0.642. The Bertz CT molecular complexity index is 970. The molecule has 0 saturated carbocycles. The molecule has 5 nitrogen and oxygen atoms in total. The van der Waals surface area contributed by atoms with Crippen molar-refractivity contribution in [2.45, 2.75) is 17.2 Å². The molecule has 0 aliphatic carbocycles. The van der Waals surface area contributed by atoms with Crippen LogP contribution in [0.25, 0.3) is 0 Å². The number of ether oxygens (including phenoxy) is 1. The smallest absolute Gasteiger partial charge is 0.287 e. The highest BCUT2D eigenvalue weighted by Crippen LogP contribution is 2.18. The highest BCUT2D eigenvalue weighted by Gasteiger charge is 2.14. The number of hydrogen-bond donors (Lipinski definition) is 1. The molecule has 140 valence electrons. The maximum absolute atomic E-state index is 12.4. The van der Waals surface area contributed by atoms with Gasteiger partial charge in [-0.3, -0.25) is 9.00 Å². The van der Waals surface area contributed by atoms with Gasteiger partial charge in [-0.15, -0.1) is 0 Å². The Morgan fingerprint density at radius 3 is 2.74 bits per heavy atom. The normalized spacial score (nSPS) is 11.8. The molecule has 27 heavy (non-hydrogen) atoms. The van der Waals surface area contributed by atoms with Gasteiger partial charge in [0.2, 0.25) is 0 Å². The number of amides is 1. The molecule has 1 N–H and O–H groups in total. The molecule has 2 aromatic carbocycles. The summed E-state index contributed by atoms with van der Waals surface area (Å²) in [6, 6.07) is 17.5. The monoisotopic (exact) mass is 403 g/mol. The maximum Gasteiger partial charge on any atom is 0.287 e. The molecule has 0 spiro atoms. The van der Waals surface area contributed by atoms with Crippen LogP contribution in [0.2, 0.25) is 5.02 Å². The van der Waals surface area contributed by atoms with Gasteiger partial charge < -0.3 is 14.5 Å². The number of halogens is 1. The molecule has 1 atom stereocenters. The molecule has 1 heterocycles. The van der Waals surface area contributed by atoms with Crippen molar-refractivity contribution < 1.29 is 18.2 Å². The zero-order valence-corrected chi connectivity index (χ0v) is 16.2. The van der Waals surface area contributed by atoms with Crippen LogP contribution in [0.5, 0.6) is 5.75 Å². The van der Waals surface area contributed by atoms with Crippen molar-refractivity contribution in [3.05, 3.63) is 82.8 Å². The molecule has 0 saturated heterocycles. The number of furan rings is 1. The fraction of sp³-hybridized carbons (Fsp3) is 0.150. The van der Waals surface area contributed by atoms with Gasteiger partial charge in [-0.2, -0.15) is 0 Å². The van der Waals surface area contributed by atoms with Gasteiger partial charge >= 0.3 is 0 Å². The van der Waals surface area contributed by atoms with E-state index < -0.39 is 10.8 Å². The van der Waals surface area contributed by atoms with Crippen molar-refractivity contribution in [1.29, 1.82) is 0 Å². The first kappa shape index (κ1) is 19.2. The van der Waals surface area contributed by atoms with E-state index in [1.165, 1.54) is 0 Å². The summed E-state index contributed by atoms with van der Waals surface area (Å²) in [5.41, 5.74) is 0.913. The Hall–Kier alpha value is -2.57. The van der Waals surface area contributed by atoms with Crippen molar-refractivity contribution in [1.82, 2.24) is 5.32 Å². The van der Waals surface area contributed by atoms with Gasteiger partial charge in [-0.05, 0) is 48.0 Å². The largest absolute Gasteiger partial charge is 0.497 e. The number of nitrogens with one attached hydrogen (secondary N) is 1. The molecule has 0 fully saturated rings. The van der Waals surface area contributed by atoms with E-state index in [0.717, 1.165) is 11.3 Å². The average molecular weight is 404 g/mol. The van der Waals surface area contributed by atoms with Gasteiger partial charge in [0, 0.05) is 16.5 Å². The minimum absolute atomic E-state index is 0.170. The lowest BCUT2D eigenvalue weighted by molar-refractivity contribution is 0.0921. The van der Waals surface area contributed by atoms with Crippen molar-refractivity contribution in [3.63, 3.8) is 0 Å². The second-order valence-corrected chi connectivity index (χ2v) is 7.63. The molecule has 0 bridgehead atoms. The lowest BCUT2D eigenvalue weighted by Crippen LogP contribution is -2.22. The maximum atomic E-state index is 12.4. The summed E-state index contributed by atoms with van der Waals surface area (Å²) in [4.78, 5) is 12.9. The number of carbonyl (C=O) groups is 1. The highest BCUT2D eigenvalue weighted by molar-refractivity contribution is 7.84. The van der Waals surface area contributed by atoms with Gasteiger partial charge in [0.05, 0.1) is 23.7 Å². The molecule has 0 aliphatic heterocycles. The Labute approximate surface area is 164 Å². The highest BCUT2D eigenvalue weighted by atomic mass is 35.5. The van der Waals surface area contributed by atoms with Crippen LogP contribution in [-0.4, -0.2) is 17.2 Å². The third-order valence-electron chi connectivity index (χ3n) is 3.80. The Morgan fingerprint density at radius 1 is 1.15 bits per heavy atom. The number of benzene rings is 2. The lowest BCUT2D eigenvalue weighted by Gasteiger charge is -2.05. The predicted molar refractivity (Wildman–Crippen MR) is 104 cm³/mol. The first-order chi connectivity index (χ1) is 13.0. The van der Waals surface area contributed by atoms with Crippen molar-refractivity contribution in [2.24, 2.45) is 0 Å². The molecule has 0 radical (unpaired) electrons. The average Bonchev–Trinajstić information content (AvgIpc) is 3.15. The van der Waals surface area contributed by atoms with E-state index >= 15 is 0 Å². The third-order valence-corrected chi connectivity index (χ3v) is 5.37. The Morgan fingerprint density at radius 2 is 1.96 bits per heavy atom. The second-order valence-electron chi connectivity index (χ2n) is 5.75. The summed E-state index contributed by atoms with van der Waals surface area (Å²) in [7, 11) is 0.287. The van der Waals surface area contributed by atoms with Crippen molar-refractivity contribution in [2.75, 3.05) is 7.11 Å². The zero-order chi connectivity index (χ0) is 19.2. The summed E-state index contributed by atoms with van der Waals surface area (Å²) in [6.07, 6.45) is 0. The fourth-order valence-corrected chi connectivity index (χ4v) is 3.77. The molecule has 0 unspecified atom stereocenters. The van der Waals surface area contributed by atoms with Crippen LogP contribution in [0, 0.1) is 0 Å². The summed E-state index contributed by atoms with van der Waals surface area (Å²) in [5, 5.41) is 3.32. The molecule has 1 amide bonds. The molecular formula is C20H18ClNO4S. The zero-order valence-electron chi connectivity index (χ0n) is 14.6. The number of rotatable bonds is 7. The number of hydrogen-bond acceptors (Lipinski definition) is 4. The summed E-state index contributed by atoms with van der Waals surface area (Å²) in [6.45, 7) is 0.348. The first-order valence-corrected chi connectivity index (χ1v) is 9.88. The molecular weight excluding hydrogens is 386 g/mol. The predicted octanol–water partition coefficient (Wildman–Crippen LogP) is 4.18. The van der Waals surface area contributed by atoms with E-state index in [4.69, 9.17) is 20.8 Å². The Kier molecular flexibility index (Phi) is 6.32. The van der Waals surface area contributed by atoms with Crippen LogP contribution in [0.1, 0.15) is 21.9 Å². The minimum Gasteiger partial charge on any atom is -0.497 e. The van der Waals surface area contributed by atoms with Crippen molar-refractivity contribution >= 4 is 28.3 Å². The van der Waals surface area contributed by atoms with Crippen LogP contribution in [-0.2, 0) is 23.1 Å². The second kappa shape index (κ2) is 8.88. The van der Waals surface area contributed by atoms with Crippen LogP contribution >= 0.6 is 11.6 Å². The number of methoxy groups -OCH3 is 1. The fourth-order valence-electron chi connectivity index (χ4n) is 2.45. The van der Waals surface area contributed by atoms with E-state index in [0.29, 0.717) is 22.2 Å². The van der Waals surface area contributed by atoms with Crippen LogP contribution in [0.3, 0.4) is 0 Å². The lowest BCUT2D eigenvalue weighted by atomic mass is 10.2. The number of carbonyl (C=O) groups excluding carboxylic acids is 1. The summed E-state index contributed by atoms with van der Waals surface area (Å²) < 4.78 is 23.1. The van der Waals surface area contributed by atoms with E-state index in [2.05, 4.69) is 5.32 Å².